The number of aliphatic hydroxyl groups excluding tert-OH is 3. The third kappa shape index (κ3) is 14.3. The Morgan fingerprint density at radius 1 is 0.960 bits per heavy atom. The zero-order chi connectivity index (χ0) is 55.2. The molecule has 0 bridgehead atoms. The molecule has 20 nitrogen and oxygen atoms in total. The van der Waals surface area contributed by atoms with Gasteiger partial charge in [-0.05, 0) is 93.3 Å². The quantitative estimate of drug-likeness (QED) is 0.126. The van der Waals surface area contributed by atoms with Gasteiger partial charge in [0.1, 0.15) is 48.8 Å². The zero-order valence-electron chi connectivity index (χ0n) is 46.2. The van der Waals surface area contributed by atoms with Gasteiger partial charge >= 0.3 is 5.97 Å². The number of carbonyl (C=O) groups excluding carboxylic acids is 1. The van der Waals surface area contributed by atoms with E-state index in [9.17, 15) is 34.7 Å². The lowest BCUT2D eigenvalue weighted by molar-refractivity contribution is -0.308. The zero-order valence-corrected chi connectivity index (χ0v) is 46.2. The smallest absolute Gasteiger partial charge is 0.311 e. The van der Waals surface area contributed by atoms with Crippen LogP contribution in [0.5, 0.6) is 0 Å². The second-order valence-electron chi connectivity index (χ2n) is 22.2. The third-order valence-corrected chi connectivity index (χ3v) is 16.2. The topological polar surface area (TPSA) is 246 Å². The highest BCUT2D eigenvalue weighted by Gasteiger charge is 2.51. The number of methoxy groups -OCH3 is 2. The summed E-state index contributed by atoms with van der Waals surface area (Å²) < 4.78 is 60.1. The average Bonchev–Trinajstić information content (AvgIpc) is 3.85. The van der Waals surface area contributed by atoms with E-state index < -0.39 is 121 Å². The molecule has 0 radical (unpaired) electrons. The molecule has 2 aromatic heterocycles. The number of esters is 1. The van der Waals surface area contributed by atoms with Crippen molar-refractivity contribution in [1.82, 2.24) is 34.8 Å². The van der Waals surface area contributed by atoms with Gasteiger partial charge in [0.05, 0.1) is 59.1 Å². The van der Waals surface area contributed by atoms with Crippen LogP contribution < -0.4 is 0 Å². The van der Waals surface area contributed by atoms with Crippen molar-refractivity contribution < 1.29 is 67.9 Å². The molecule has 422 valence electrons. The molecule has 3 aromatic rings. The summed E-state index contributed by atoms with van der Waals surface area (Å²) in [5, 5.41) is 68.2. The first-order valence-electron chi connectivity index (χ1n) is 26.5. The number of carbonyl (C=O) groups is 1. The molecular formula is C54H86FN7O13. The summed E-state index contributed by atoms with van der Waals surface area (Å²) in [7, 11) is 6.73. The molecule has 5 N–H and O–H groups in total. The highest BCUT2D eigenvalue weighted by Crippen LogP contribution is 2.39. The van der Waals surface area contributed by atoms with Crippen molar-refractivity contribution in [2.75, 3.05) is 48.1 Å². The molecule has 3 saturated heterocycles. The van der Waals surface area contributed by atoms with Crippen LogP contribution in [0.2, 0.25) is 0 Å². The molecule has 75 heavy (non-hydrogen) atoms. The lowest BCUT2D eigenvalue weighted by Gasteiger charge is -2.47. The highest BCUT2D eigenvalue weighted by molar-refractivity contribution is 5.73. The van der Waals surface area contributed by atoms with Gasteiger partial charge < -0.3 is 68.5 Å². The number of hydrogen-bond donors (Lipinski definition) is 5. The predicted molar refractivity (Wildman–Crippen MR) is 275 cm³/mol. The average molecular weight is 1060 g/mol. The Labute approximate surface area is 442 Å². The number of alkyl halides is 1. The van der Waals surface area contributed by atoms with Crippen LogP contribution in [-0.4, -0.2) is 205 Å². The molecule has 0 unspecified atom stereocenters. The van der Waals surface area contributed by atoms with E-state index in [1.165, 1.54) is 25.8 Å². The van der Waals surface area contributed by atoms with Gasteiger partial charge in [0.2, 0.25) is 0 Å². The summed E-state index contributed by atoms with van der Waals surface area (Å²) in [6, 6.07) is 5.65. The van der Waals surface area contributed by atoms with Crippen LogP contribution >= 0.6 is 0 Å². The second-order valence-corrected chi connectivity index (χ2v) is 22.2. The van der Waals surface area contributed by atoms with Crippen molar-refractivity contribution in [1.29, 1.82) is 0 Å². The summed E-state index contributed by atoms with van der Waals surface area (Å²) in [6.45, 7) is 15.6. The first-order chi connectivity index (χ1) is 35.4. The number of rotatable bonds is 16. The maximum atomic E-state index is 14.9. The van der Waals surface area contributed by atoms with Crippen molar-refractivity contribution in [2.45, 2.75) is 203 Å². The molecule has 3 fully saturated rings. The molecule has 21 heteroatoms. The Bertz CT molecular complexity index is 2230. The van der Waals surface area contributed by atoms with Crippen molar-refractivity contribution in [3.8, 4) is 11.3 Å². The fourth-order valence-electron chi connectivity index (χ4n) is 11.2. The molecule has 5 heterocycles. The normalized spacial score (nSPS) is 37.8. The van der Waals surface area contributed by atoms with E-state index in [0.717, 1.165) is 11.1 Å². The van der Waals surface area contributed by atoms with Crippen LogP contribution in [0.1, 0.15) is 118 Å². The number of nitrogens with zero attached hydrogens (tertiary/aromatic N) is 7. The van der Waals surface area contributed by atoms with Crippen molar-refractivity contribution >= 4 is 5.97 Å². The number of ether oxygens (including phenoxy) is 7. The second kappa shape index (κ2) is 25.9. The van der Waals surface area contributed by atoms with E-state index >= 15 is 0 Å². The molecule has 0 spiro atoms. The fourth-order valence-corrected chi connectivity index (χ4v) is 11.2. The van der Waals surface area contributed by atoms with Crippen molar-refractivity contribution in [3.05, 3.63) is 60.3 Å². The minimum atomic E-state index is -1.85. The molecule has 19 atom stereocenters. The summed E-state index contributed by atoms with van der Waals surface area (Å²) in [6.07, 6.45) is -3.10. The van der Waals surface area contributed by atoms with Gasteiger partial charge in [0.15, 0.2) is 12.6 Å². The van der Waals surface area contributed by atoms with Crippen LogP contribution in [0.3, 0.4) is 0 Å². The SMILES string of the molecule is CC[C@H]1OC(=O)[C@H](C)[C@@H](O[C@H]2C[C@@](C)(OC)[C@@H](O)[C@H](C)O2)C[C@@H](O[C@@H]2O[C@H](C)C[C@H](N(C)CCc3cn([C@H](CF)[C@H](OC)c4ccc(-c5cnccn5)cc4)nn3)[C@H]2O)[C@](C)(O)C[C@@H](C)CN(C)[C@H](C)[C@@H](O)[C@]1(C)O. The summed E-state index contributed by atoms with van der Waals surface area (Å²) in [5.74, 6) is -2.00. The van der Waals surface area contributed by atoms with Crippen LogP contribution in [-0.2, 0) is 44.4 Å². The minimum Gasteiger partial charge on any atom is -0.459 e. The van der Waals surface area contributed by atoms with E-state index in [1.54, 1.807) is 66.3 Å². The van der Waals surface area contributed by atoms with Gasteiger partial charge in [-0.2, -0.15) is 0 Å². The Morgan fingerprint density at radius 2 is 1.67 bits per heavy atom. The summed E-state index contributed by atoms with van der Waals surface area (Å²) >= 11 is 0. The van der Waals surface area contributed by atoms with Crippen LogP contribution in [0.4, 0.5) is 4.39 Å². The van der Waals surface area contributed by atoms with E-state index in [2.05, 4.69) is 20.3 Å². The van der Waals surface area contributed by atoms with Crippen LogP contribution in [0.25, 0.3) is 11.3 Å². The largest absolute Gasteiger partial charge is 0.459 e. The molecule has 3 aliphatic heterocycles. The van der Waals surface area contributed by atoms with Crippen LogP contribution in [0.15, 0.2) is 49.1 Å². The number of cyclic esters (lactones) is 1. The van der Waals surface area contributed by atoms with E-state index in [0.29, 0.717) is 37.3 Å². The maximum absolute atomic E-state index is 14.9. The first-order valence-corrected chi connectivity index (χ1v) is 26.5. The highest BCUT2D eigenvalue weighted by atomic mass is 19.1. The molecule has 0 aliphatic carbocycles. The number of likely N-dealkylation sites (N-methyl/N-ethyl adjacent to an activating group) is 2. The monoisotopic (exact) mass is 1060 g/mol. The molecular weight excluding hydrogens is 974 g/mol. The van der Waals surface area contributed by atoms with E-state index in [-0.39, 0.29) is 31.6 Å². The maximum Gasteiger partial charge on any atom is 0.311 e. The van der Waals surface area contributed by atoms with Crippen LogP contribution in [0, 0.1) is 11.8 Å². The lowest BCUT2D eigenvalue weighted by atomic mass is 9.83. The van der Waals surface area contributed by atoms with Crippen molar-refractivity contribution in [3.63, 3.8) is 0 Å². The van der Waals surface area contributed by atoms with Gasteiger partial charge in [-0.15, -0.1) is 5.10 Å². The van der Waals surface area contributed by atoms with E-state index in [4.69, 9.17) is 33.2 Å². The molecule has 3 aliphatic rings. The number of hydrogen-bond acceptors (Lipinski definition) is 19. The molecule has 6 rings (SSSR count). The summed E-state index contributed by atoms with van der Waals surface area (Å²) in [5.41, 5.74) is -1.62. The number of halogens is 1. The van der Waals surface area contributed by atoms with Gasteiger partial charge in [-0.25, -0.2) is 9.07 Å². The standard InChI is InChI=1S/C54H86FN7O13/c1-14-43-54(9,68)48(64)34(5)61(11)29-31(2)25-52(7,67)44(24-42(33(4)50(66)74-43)73-45-26-53(8,70-13)49(65)35(6)72-45)75-51-46(63)40(23-32(3)71-51)60(10)22-19-38-30-62(59-58-38)41(27-55)47(69-12)37-17-15-36(16-18-37)39-28-56-20-21-57-39/h15-18,20-21,28,30-35,40-49,51,63-65,67-68H,14,19,22-27,29H2,1-13H3/t31-,32-,33-,34-,35+,40+,41-,42+,43-,44-,45+,46-,47-,48-,49+,51+,52-,53-,54-/m1/s1. The third-order valence-electron chi connectivity index (χ3n) is 16.2. The first kappa shape index (κ1) is 60.5. The van der Waals surface area contributed by atoms with Gasteiger partial charge in [0, 0.05) is 82.8 Å². The van der Waals surface area contributed by atoms with E-state index in [1.807, 2.05) is 62.0 Å². The summed E-state index contributed by atoms with van der Waals surface area (Å²) in [4.78, 5) is 26.8. The number of aromatic nitrogens is 5. The Balaban J connectivity index is 1.23. The molecule has 0 saturated carbocycles. The molecule has 0 amide bonds. The predicted octanol–water partition coefficient (Wildman–Crippen LogP) is 4.21. The van der Waals surface area contributed by atoms with Gasteiger partial charge in [0.25, 0.3) is 0 Å². The Morgan fingerprint density at radius 3 is 2.29 bits per heavy atom. The van der Waals surface area contributed by atoms with Crippen molar-refractivity contribution in [2.24, 2.45) is 11.8 Å². The lowest BCUT2D eigenvalue weighted by Crippen LogP contribution is -2.59. The fraction of sp³-hybridized carbons (Fsp3) is 0.759. The van der Waals surface area contributed by atoms with Gasteiger partial charge in [-0.3, -0.25) is 14.8 Å². The Hall–Kier alpha value is -3.68. The number of aliphatic hydroxyl groups is 5. The van der Waals surface area contributed by atoms with Gasteiger partial charge in [-0.1, -0.05) is 43.3 Å². The number of benzene rings is 1. The minimum absolute atomic E-state index is 0.0892. The molecule has 1 aromatic carbocycles. The Kier molecular flexibility index (Phi) is 20.9.